The van der Waals surface area contributed by atoms with Gasteiger partial charge in [0.05, 0.1) is 19.4 Å². The number of ether oxygens (including phenoxy) is 1. The van der Waals surface area contributed by atoms with Crippen LogP contribution in [0.2, 0.25) is 0 Å². The van der Waals surface area contributed by atoms with E-state index in [-0.39, 0.29) is 0 Å². The van der Waals surface area contributed by atoms with E-state index < -0.39 is 24.0 Å². The summed E-state index contributed by atoms with van der Waals surface area (Å²) in [7, 11) is 0. The van der Waals surface area contributed by atoms with Crippen molar-refractivity contribution in [2.24, 2.45) is 11.7 Å². The first-order chi connectivity index (χ1) is 11.8. The molecule has 2 aromatic heterocycles. The van der Waals surface area contributed by atoms with Crippen LogP contribution in [0.1, 0.15) is 35.8 Å². The lowest BCUT2D eigenvalue weighted by Crippen LogP contribution is -2.58. The maximum atomic E-state index is 12.7. The molecule has 134 valence electrons. The number of aryl methyl sites for hydroxylation is 1. The molecule has 1 aliphatic rings. The van der Waals surface area contributed by atoms with Gasteiger partial charge in [0.2, 0.25) is 5.91 Å². The second-order valence-electron chi connectivity index (χ2n) is 6.90. The third-order valence-corrected chi connectivity index (χ3v) is 4.58. The minimum absolute atomic E-state index is 0.382. The summed E-state index contributed by atoms with van der Waals surface area (Å²) < 4.78 is 7.50. The van der Waals surface area contributed by atoms with Crippen molar-refractivity contribution in [2.75, 3.05) is 13.2 Å². The number of nitrogens with zero attached hydrogens (tertiary/aromatic N) is 1. The summed E-state index contributed by atoms with van der Waals surface area (Å²) in [6.45, 7) is 3.31. The molecule has 0 aliphatic heterocycles. The van der Waals surface area contributed by atoms with Crippen LogP contribution in [-0.2, 0) is 4.79 Å². The lowest BCUT2D eigenvalue weighted by atomic mass is 10.0. The maximum Gasteiger partial charge on any atom is 0.269 e. The number of amides is 2. The molecule has 2 aromatic rings. The Kier molecular flexibility index (Phi) is 4.43. The minimum Gasteiger partial charge on any atom is -0.492 e. The third-order valence-electron chi connectivity index (χ3n) is 4.58. The number of primary amides is 1. The van der Waals surface area contributed by atoms with Crippen LogP contribution < -0.4 is 15.8 Å². The number of hydrogen-bond donors (Lipinski definition) is 3. The number of carbonyl (C=O) groups excluding carboxylic acids is 2. The normalized spacial score (nSPS) is 16.4. The van der Waals surface area contributed by atoms with Crippen LogP contribution in [0.5, 0.6) is 5.75 Å². The second-order valence-corrected chi connectivity index (χ2v) is 6.90. The molecular formula is C18H23N3O4. The number of nitrogens with two attached hydrogens (primary N) is 1. The molecule has 7 nitrogen and oxygen atoms in total. The Balaban J connectivity index is 1.90. The Hall–Kier alpha value is -2.54. The van der Waals surface area contributed by atoms with Gasteiger partial charge in [0.1, 0.15) is 17.0 Å². The number of hydrogen-bond acceptors (Lipinski definition) is 4. The second kappa shape index (κ2) is 6.40. The van der Waals surface area contributed by atoms with E-state index in [4.69, 9.17) is 10.5 Å². The molecule has 1 atom stereocenters. The van der Waals surface area contributed by atoms with Crippen LogP contribution >= 0.6 is 0 Å². The van der Waals surface area contributed by atoms with Crippen molar-refractivity contribution in [3.63, 3.8) is 0 Å². The van der Waals surface area contributed by atoms with Crippen LogP contribution in [0, 0.1) is 12.8 Å². The topological polar surface area (TPSA) is 106 Å². The van der Waals surface area contributed by atoms with Crippen LogP contribution in [0.15, 0.2) is 24.4 Å². The molecule has 3 rings (SSSR count). The van der Waals surface area contributed by atoms with Crippen molar-refractivity contribution >= 4 is 17.3 Å². The Labute approximate surface area is 145 Å². The number of nitrogens with one attached hydrogen (secondary N) is 1. The molecule has 25 heavy (non-hydrogen) atoms. The van der Waals surface area contributed by atoms with Gasteiger partial charge in [0.25, 0.3) is 5.91 Å². The summed E-state index contributed by atoms with van der Waals surface area (Å²) in [6.07, 6.45) is 4.16. The maximum absolute atomic E-state index is 12.7. The number of pyridine rings is 1. The number of aliphatic hydroxyl groups excluding tert-OH is 1. The van der Waals surface area contributed by atoms with Crippen molar-refractivity contribution in [1.82, 2.24) is 9.72 Å². The van der Waals surface area contributed by atoms with Gasteiger partial charge in [-0.25, -0.2) is 0 Å². The van der Waals surface area contributed by atoms with Gasteiger partial charge in [-0.15, -0.1) is 0 Å². The molecule has 7 heteroatoms. The highest BCUT2D eigenvalue weighted by Gasteiger charge is 2.33. The van der Waals surface area contributed by atoms with E-state index >= 15 is 0 Å². The van der Waals surface area contributed by atoms with Crippen molar-refractivity contribution < 1.29 is 19.4 Å². The minimum atomic E-state index is -1.52. The van der Waals surface area contributed by atoms with E-state index in [1.807, 2.05) is 25.1 Å². The van der Waals surface area contributed by atoms with Gasteiger partial charge in [-0.2, -0.15) is 0 Å². The molecule has 0 saturated heterocycles. The average molecular weight is 345 g/mol. The molecule has 1 unspecified atom stereocenters. The largest absolute Gasteiger partial charge is 0.492 e. The summed E-state index contributed by atoms with van der Waals surface area (Å²) in [4.78, 5) is 24.3. The van der Waals surface area contributed by atoms with Gasteiger partial charge in [-0.1, -0.05) is 0 Å². The van der Waals surface area contributed by atoms with Crippen LogP contribution in [0.25, 0.3) is 5.52 Å². The first-order valence-corrected chi connectivity index (χ1v) is 8.32. The number of aliphatic hydroxyl groups is 1. The van der Waals surface area contributed by atoms with Gasteiger partial charge in [0.15, 0.2) is 0 Å². The molecule has 0 spiro atoms. The summed E-state index contributed by atoms with van der Waals surface area (Å²) in [5.41, 5.74) is 5.74. The van der Waals surface area contributed by atoms with Crippen LogP contribution in [-0.4, -0.2) is 40.1 Å². The zero-order valence-corrected chi connectivity index (χ0v) is 14.4. The molecule has 0 aromatic carbocycles. The quantitative estimate of drug-likeness (QED) is 0.696. The first-order valence-electron chi connectivity index (χ1n) is 8.32. The fourth-order valence-corrected chi connectivity index (χ4v) is 2.65. The molecule has 0 bridgehead atoms. The number of carbonyl (C=O) groups is 2. The number of fused-ring (bicyclic) bond motifs is 1. The monoisotopic (exact) mass is 345 g/mol. The first kappa shape index (κ1) is 17.3. The van der Waals surface area contributed by atoms with E-state index in [2.05, 4.69) is 5.32 Å². The Bertz CT molecular complexity index is 825. The third kappa shape index (κ3) is 3.46. The van der Waals surface area contributed by atoms with Crippen LogP contribution in [0.3, 0.4) is 0 Å². The van der Waals surface area contributed by atoms with Gasteiger partial charge in [-0.3, -0.25) is 9.59 Å². The molecule has 2 amide bonds. The van der Waals surface area contributed by atoms with Crippen molar-refractivity contribution in [2.45, 2.75) is 32.2 Å². The Morgan fingerprint density at radius 2 is 2.16 bits per heavy atom. The van der Waals surface area contributed by atoms with Gasteiger partial charge in [-0.05, 0) is 56.4 Å². The van der Waals surface area contributed by atoms with Gasteiger partial charge < -0.3 is 25.3 Å². The lowest BCUT2D eigenvalue weighted by molar-refractivity contribution is -0.124. The molecule has 0 radical (unpaired) electrons. The molecule has 4 N–H and O–H groups in total. The van der Waals surface area contributed by atoms with Crippen LogP contribution in [0.4, 0.5) is 0 Å². The highest BCUT2D eigenvalue weighted by Crippen LogP contribution is 2.30. The van der Waals surface area contributed by atoms with Crippen molar-refractivity contribution in [1.29, 1.82) is 0 Å². The van der Waals surface area contributed by atoms with Crippen molar-refractivity contribution in [3.05, 3.63) is 35.7 Å². The summed E-state index contributed by atoms with van der Waals surface area (Å²) in [6, 6.07) is 5.63. The zero-order valence-electron chi connectivity index (χ0n) is 14.4. The Morgan fingerprint density at radius 3 is 2.76 bits per heavy atom. The predicted octanol–water partition coefficient (Wildman–Crippen LogP) is 1.00. The summed E-state index contributed by atoms with van der Waals surface area (Å²) >= 11 is 0. The summed E-state index contributed by atoms with van der Waals surface area (Å²) in [5.74, 6) is 0.0390. The zero-order chi connectivity index (χ0) is 18.2. The highest BCUT2D eigenvalue weighted by atomic mass is 16.5. The number of aromatic nitrogens is 1. The predicted molar refractivity (Wildman–Crippen MR) is 92.5 cm³/mol. The fraction of sp³-hybridized carbons (Fsp3) is 0.444. The SMILES string of the molecule is Cc1cc2ccc(OCC3CC3)cn2c1C(=O)NC(C)(CO)C(N)=O. The lowest BCUT2D eigenvalue weighted by Gasteiger charge is -2.25. The van der Waals surface area contributed by atoms with E-state index in [0.717, 1.165) is 11.1 Å². The van der Waals surface area contributed by atoms with E-state index in [0.29, 0.717) is 24.0 Å². The molecular weight excluding hydrogens is 322 g/mol. The number of rotatable bonds is 7. The standard InChI is InChI=1S/C18H23N3O4/c1-11-7-13-5-6-14(25-9-12-3-4-12)8-21(13)15(11)16(23)20-18(2,10-22)17(19)24/h5-8,12,22H,3-4,9-10H2,1-2H3,(H2,19,24)(H,20,23). The summed E-state index contributed by atoms with van der Waals surface area (Å²) in [5, 5.41) is 11.9. The Morgan fingerprint density at radius 1 is 1.44 bits per heavy atom. The fourth-order valence-electron chi connectivity index (χ4n) is 2.65. The molecule has 1 saturated carbocycles. The highest BCUT2D eigenvalue weighted by molar-refractivity contribution is 5.99. The van der Waals surface area contributed by atoms with Gasteiger partial charge in [0, 0.05) is 5.52 Å². The molecule has 1 fully saturated rings. The van der Waals surface area contributed by atoms with Crippen molar-refractivity contribution in [3.8, 4) is 5.75 Å². The van der Waals surface area contributed by atoms with E-state index in [1.165, 1.54) is 19.8 Å². The van der Waals surface area contributed by atoms with Gasteiger partial charge >= 0.3 is 0 Å². The molecule has 2 heterocycles. The average Bonchev–Trinajstić information content (AvgIpc) is 3.33. The van der Waals surface area contributed by atoms with E-state index in [9.17, 15) is 14.7 Å². The molecule has 1 aliphatic carbocycles. The van der Waals surface area contributed by atoms with E-state index in [1.54, 1.807) is 10.6 Å². The smallest absolute Gasteiger partial charge is 0.269 e.